The van der Waals surface area contributed by atoms with Gasteiger partial charge in [0.1, 0.15) is 0 Å². The maximum atomic E-state index is 12.8. The SMILES string of the molecule is CCn1ncc2c(C(=O)NC3=NCCS3)cc(-c3ccccc3)nc21. The van der Waals surface area contributed by atoms with E-state index in [4.69, 9.17) is 4.98 Å². The van der Waals surface area contributed by atoms with E-state index >= 15 is 0 Å². The van der Waals surface area contributed by atoms with Crippen molar-refractivity contribution >= 4 is 33.9 Å². The molecule has 0 aliphatic carbocycles. The largest absolute Gasteiger partial charge is 0.301 e. The molecule has 2 aromatic heterocycles. The second-order valence-corrected chi connectivity index (χ2v) is 6.69. The molecule has 0 fully saturated rings. The number of carbonyl (C=O) groups is 1. The minimum Gasteiger partial charge on any atom is -0.301 e. The molecule has 1 N–H and O–H groups in total. The number of nitrogens with zero attached hydrogens (tertiary/aromatic N) is 4. The molecule has 0 saturated carbocycles. The molecule has 3 aromatic rings. The zero-order valence-electron chi connectivity index (χ0n) is 13.8. The van der Waals surface area contributed by atoms with Gasteiger partial charge in [-0.3, -0.25) is 9.79 Å². The Morgan fingerprint density at radius 2 is 2.16 bits per heavy atom. The molecule has 126 valence electrons. The Kier molecular flexibility index (Phi) is 4.23. The quantitative estimate of drug-likeness (QED) is 0.787. The topological polar surface area (TPSA) is 72.2 Å². The molecular formula is C18H17N5OS. The summed E-state index contributed by atoms with van der Waals surface area (Å²) in [6.07, 6.45) is 1.71. The van der Waals surface area contributed by atoms with Gasteiger partial charge in [0.05, 0.1) is 29.4 Å². The standard InChI is InChI=1S/C18H17N5OS/c1-2-23-16-14(11-20-23)13(17(24)22-18-19-8-9-25-18)10-15(21-16)12-6-4-3-5-7-12/h3-7,10-11H,2,8-9H2,1H3,(H,19,22,24). The fraction of sp³-hybridized carbons (Fsp3) is 0.222. The highest BCUT2D eigenvalue weighted by Gasteiger charge is 2.19. The van der Waals surface area contributed by atoms with Crippen molar-refractivity contribution in [3.05, 3.63) is 48.2 Å². The number of fused-ring (bicyclic) bond motifs is 1. The normalized spacial score (nSPS) is 13.9. The molecule has 3 heterocycles. The molecule has 25 heavy (non-hydrogen) atoms. The molecule has 0 radical (unpaired) electrons. The number of amides is 1. The van der Waals surface area contributed by atoms with Crippen LogP contribution < -0.4 is 5.32 Å². The van der Waals surface area contributed by atoms with E-state index in [1.54, 1.807) is 22.6 Å². The first-order valence-corrected chi connectivity index (χ1v) is 9.15. The number of aryl methyl sites for hydroxylation is 1. The van der Waals surface area contributed by atoms with Gasteiger partial charge in [0, 0.05) is 17.9 Å². The number of hydrogen-bond donors (Lipinski definition) is 1. The summed E-state index contributed by atoms with van der Waals surface area (Å²) < 4.78 is 1.81. The fourth-order valence-electron chi connectivity index (χ4n) is 2.80. The zero-order valence-corrected chi connectivity index (χ0v) is 14.6. The Labute approximate surface area is 149 Å². The molecule has 1 amide bonds. The van der Waals surface area contributed by atoms with Crippen molar-refractivity contribution in [2.24, 2.45) is 4.99 Å². The van der Waals surface area contributed by atoms with Gasteiger partial charge < -0.3 is 5.32 Å². The lowest BCUT2D eigenvalue weighted by Gasteiger charge is -2.09. The first-order valence-electron chi connectivity index (χ1n) is 8.17. The van der Waals surface area contributed by atoms with E-state index in [0.717, 1.165) is 34.6 Å². The molecule has 0 saturated heterocycles. The van der Waals surface area contributed by atoms with Gasteiger partial charge >= 0.3 is 0 Å². The number of carbonyl (C=O) groups excluding carboxylic acids is 1. The van der Waals surface area contributed by atoms with E-state index in [2.05, 4.69) is 15.4 Å². The molecule has 4 rings (SSSR count). The Bertz CT molecular complexity index is 964. The van der Waals surface area contributed by atoms with Crippen LogP contribution in [0.15, 0.2) is 47.6 Å². The first-order chi connectivity index (χ1) is 12.3. The Hall–Kier alpha value is -2.67. The number of aromatic nitrogens is 3. The van der Waals surface area contributed by atoms with E-state index in [-0.39, 0.29) is 5.91 Å². The molecule has 6 nitrogen and oxygen atoms in total. The van der Waals surface area contributed by atoms with Crippen molar-refractivity contribution in [3.63, 3.8) is 0 Å². The lowest BCUT2D eigenvalue weighted by molar-refractivity contribution is 0.0979. The summed E-state index contributed by atoms with van der Waals surface area (Å²) in [6, 6.07) is 11.7. The van der Waals surface area contributed by atoms with Gasteiger partial charge in [0.2, 0.25) is 0 Å². The summed E-state index contributed by atoms with van der Waals surface area (Å²) in [7, 11) is 0. The van der Waals surface area contributed by atoms with Crippen LogP contribution in [0, 0.1) is 0 Å². The molecule has 0 spiro atoms. The highest BCUT2D eigenvalue weighted by atomic mass is 32.2. The van der Waals surface area contributed by atoms with E-state index < -0.39 is 0 Å². The predicted octanol–water partition coefficient (Wildman–Crippen LogP) is 2.95. The van der Waals surface area contributed by atoms with E-state index in [1.807, 2.05) is 43.3 Å². The van der Waals surface area contributed by atoms with Crippen LogP contribution in [-0.2, 0) is 6.54 Å². The van der Waals surface area contributed by atoms with Gasteiger partial charge in [-0.1, -0.05) is 42.1 Å². The average molecular weight is 351 g/mol. The van der Waals surface area contributed by atoms with Crippen LogP contribution in [0.4, 0.5) is 0 Å². The maximum Gasteiger partial charge on any atom is 0.258 e. The van der Waals surface area contributed by atoms with E-state index in [9.17, 15) is 4.79 Å². The summed E-state index contributed by atoms with van der Waals surface area (Å²) in [5.74, 6) is 0.734. The van der Waals surface area contributed by atoms with Crippen LogP contribution >= 0.6 is 11.8 Å². The Morgan fingerprint density at radius 1 is 1.32 bits per heavy atom. The lowest BCUT2D eigenvalue weighted by atomic mass is 10.1. The molecule has 0 atom stereocenters. The lowest BCUT2D eigenvalue weighted by Crippen LogP contribution is -2.27. The summed E-state index contributed by atoms with van der Waals surface area (Å²) in [4.78, 5) is 21.9. The third kappa shape index (κ3) is 3.02. The minimum absolute atomic E-state index is 0.173. The number of thioether (sulfide) groups is 1. The summed E-state index contributed by atoms with van der Waals surface area (Å²) in [6.45, 7) is 3.44. The number of rotatable bonds is 3. The molecule has 1 aromatic carbocycles. The fourth-order valence-corrected chi connectivity index (χ4v) is 3.52. The van der Waals surface area contributed by atoms with Crippen LogP contribution in [0.3, 0.4) is 0 Å². The van der Waals surface area contributed by atoms with Crippen LogP contribution in [0.25, 0.3) is 22.3 Å². The van der Waals surface area contributed by atoms with Crippen LogP contribution in [0.2, 0.25) is 0 Å². The number of nitrogens with one attached hydrogen (secondary N) is 1. The number of hydrogen-bond acceptors (Lipinski definition) is 5. The van der Waals surface area contributed by atoms with E-state index in [0.29, 0.717) is 17.3 Å². The number of benzene rings is 1. The minimum atomic E-state index is -0.173. The Balaban J connectivity index is 1.83. The molecule has 1 aliphatic rings. The smallest absolute Gasteiger partial charge is 0.258 e. The summed E-state index contributed by atoms with van der Waals surface area (Å²) in [5.41, 5.74) is 3.01. The predicted molar refractivity (Wildman–Crippen MR) is 101 cm³/mol. The van der Waals surface area contributed by atoms with Crippen molar-refractivity contribution in [2.45, 2.75) is 13.5 Å². The van der Waals surface area contributed by atoms with E-state index in [1.165, 1.54) is 0 Å². The van der Waals surface area contributed by atoms with Crippen molar-refractivity contribution < 1.29 is 4.79 Å². The van der Waals surface area contributed by atoms with Gasteiger partial charge in [0.15, 0.2) is 10.8 Å². The van der Waals surface area contributed by atoms with Crippen molar-refractivity contribution in [1.82, 2.24) is 20.1 Å². The van der Waals surface area contributed by atoms with Crippen LogP contribution in [0.1, 0.15) is 17.3 Å². The highest BCUT2D eigenvalue weighted by molar-refractivity contribution is 8.14. The second-order valence-electron chi connectivity index (χ2n) is 5.61. The van der Waals surface area contributed by atoms with Crippen LogP contribution in [-0.4, -0.2) is 38.1 Å². The van der Waals surface area contributed by atoms with Gasteiger partial charge in [0.25, 0.3) is 5.91 Å². The van der Waals surface area contributed by atoms with Gasteiger partial charge in [-0.25, -0.2) is 9.67 Å². The third-order valence-electron chi connectivity index (χ3n) is 4.03. The first kappa shape index (κ1) is 15.8. The number of pyridine rings is 1. The van der Waals surface area contributed by atoms with Gasteiger partial charge in [-0.05, 0) is 13.0 Å². The van der Waals surface area contributed by atoms with Crippen LogP contribution in [0.5, 0.6) is 0 Å². The van der Waals surface area contributed by atoms with Crippen molar-refractivity contribution in [2.75, 3.05) is 12.3 Å². The summed E-state index contributed by atoms with van der Waals surface area (Å²) >= 11 is 1.56. The zero-order chi connectivity index (χ0) is 17.2. The van der Waals surface area contributed by atoms with Crippen molar-refractivity contribution in [3.8, 4) is 11.3 Å². The van der Waals surface area contributed by atoms with Gasteiger partial charge in [-0.2, -0.15) is 5.10 Å². The molecule has 0 bridgehead atoms. The third-order valence-corrected chi connectivity index (χ3v) is 4.92. The highest BCUT2D eigenvalue weighted by Crippen LogP contribution is 2.25. The maximum absolute atomic E-state index is 12.8. The molecule has 0 unspecified atom stereocenters. The Morgan fingerprint density at radius 3 is 2.88 bits per heavy atom. The average Bonchev–Trinajstić information content (AvgIpc) is 3.30. The molecule has 7 heteroatoms. The monoisotopic (exact) mass is 351 g/mol. The summed E-state index contributed by atoms with van der Waals surface area (Å²) in [5, 5.41) is 8.70. The number of amidine groups is 1. The second kappa shape index (κ2) is 6.68. The molecular weight excluding hydrogens is 334 g/mol. The van der Waals surface area contributed by atoms with Gasteiger partial charge in [-0.15, -0.1) is 0 Å². The molecule has 1 aliphatic heterocycles. The van der Waals surface area contributed by atoms with Crippen molar-refractivity contribution in [1.29, 1.82) is 0 Å². The number of aliphatic imine (C=N–C) groups is 1.